The first-order valence-electron chi connectivity index (χ1n) is 4.94. The lowest BCUT2D eigenvalue weighted by Gasteiger charge is -2.22. The Morgan fingerprint density at radius 3 is 2.43 bits per heavy atom. The first-order valence-corrected chi connectivity index (χ1v) is 4.94. The van der Waals surface area contributed by atoms with Crippen molar-refractivity contribution in [3.8, 4) is 0 Å². The van der Waals surface area contributed by atoms with E-state index < -0.39 is 5.60 Å². The number of carbonyl (C=O) groups excluding carboxylic acids is 1. The molecule has 1 aliphatic rings. The first kappa shape index (κ1) is 11.5. The van der Waals surface area contributed by atoms with E-state index in [1.54, 1.807) is 7.11 Å². The van der Waals surface area contributed by atoms with Gasteiger partial charge in [0.1, 0.15) is 17.9 Å². The van der Waals surface area contributed by atoms with E-state index in [-0.39, 0.29) is 18.2 Å². The Morgan fingerprint density at radius 1 is 1.36 bits per heavy atom. The van der Waals surface area contributed by atoms with Gasteiger partial charge in [0.15, 0.2) is 0 Å². The fourth-order valence-corrected chi connectivity index (χ4v) is 1.45. The van der Waals surface area contributed by atoms with Crippen molar-refractivity contribution in [2.75, 3.05) is 7.11 Å². The molecule has 1 heterocycles. The molecule has 0 spiro atoms. The first-order chi connectivity index (χ1) is 6.42. The largest absolute Gasteiger partial charge is 0.459 e. The third-order valence-corrected chi connectivity index (χ3v) is 2.08. The Bertz CT molecular complexity index is 210. The van der Waals surface area contributed by atoms with Crippen molar-refractivity contribution in [2.24, 2.45) is 0 Å². The van der Waals surface area contributed by atoms with E-state index in [0.29, 0.717) is 0 Å². The summed E-state index contributed by atoms with van der Waals surface area (Å²) in [6.07, 6.45) is 1.64. The molecule has 0 saturated carbocycles. The lowest BCUT2D eigenvalue weighted by Crippen LogP contribution is -2.40. The monoisotopic (exact) mass is 201 g/mol. The molecule has 0 aromatic rings. The minimum Gasteiger partial charge on any atom is -0.459 e. The third kappa shape index (κ3) is 3.27. The van der Waals surface area contributed by atoms with Gasteiger partial charge >= 0.3 is 5.97 Å². The summed E-state index contributed by atoms with van der Waals surface area (Å²) < 4.78 is 10.4. The Hall–Kier alpha value is -0.610. The summed E-state index contributed by atoms with van der Waals surface area (Å²) in [7, 11) is 1.63. The Kier molecular flexibility index (Phi) is 3.50. The van der Waals surface area contributed by atoms with E-state index in [4.69, 9.17) is 9.47 Å². The molecule has 0 bridgehead atoms. The summed E-state index contributed by atoms with van der Waals surface area (Å²) in [4.78, 5) is 11.6. The zero-order chi connectivity index (χ0) is 10.8. The van der Waals surface area contributed by atoms with Crippen LogP contribution in [-0.4, -0.2) is 30.9 Å². The topological polar surface area (TPSA) is 47.6 Å². The van der Waals surface area contributed by atoms with Gasteiger partial charge in [-0.25, -0.2) is 0 Å². The van der Waals surface area contributed by atoms with E-state index in [2.05, 4.69) is 5.32 Å². The summed E-state index contributed by atoms with van der Waals surface area (Å²) in [5.41, 5.74) is -0.413. The van der Waals surface area contributed by atoms with Gasteiger partial charge < -0.3 is 9.47 Å². The Labute approximate surface area is 85.0 Å². The molecule has 1 N–H and O–H groups in total. The van der Waals surface area contributed by atoms with Gasteiger partial charge in [0.25, 0.3) is 0 Å². The molecule has 0 radical (unpaired) electrons. The highest BCUT2D eigenvalue weighted by Crippen LogP contribution is 2.16. The van der Waals surface area contributed by atoms with Crippen molar-refractivity contribution < 1.29 is 14.3 Å². The maximum Gasteiger partial charge on any atom is 0.323 e. The second-order valence-electron chi connectivity index (χ2n) is 4.55. The van der Waals surface area contributed by atoms with Crippen LogP contribution in [0.15, 0.2) is 0 Å². The molecule has 14 heavy (non-hydrogen) atoms. The van der Waals surface area contributed by atoms with Crippen molar-refractivity contribution in [3.05, 3.63) is 0 Å². The van der Waals surface area contributed by atoms with Gasteiger partial charge in [-0.05, 0) is 33.6 Å². The molecule has 2 unspecified atom stereocenters. The van der Waals surface area contributed by atoms with Gasteiger partial charge in [0.05, 0.1) is 0 Å². The van der Waals surface area contributed by atoms with Crippen LogP contribution in [0.25, 0.3) is 0 Å². The molecule has 82 valence electrons. The molecule has 4 heteroatoms. The highest BCUT2D eigenvalue weighted by molar-refractivity contribution is 5.76. The molecule has 1 aliphatic heterocycles. The molecular weight excluding hydrogens is 182 g/mol. The molecule has 1 rings (SSSR count). The molecule has 0 aromatic carbocycles. The van der Waals surface area contributed by atoms with Crippen LogP contribution in [0.2, 0.25) is 0 Å². The number of esters is 1. The average Bonchev–Trinajstić information content (AvgIpc) is 2.48. The zero-order valence-electron chi connectivity index (χ0n) is 9.29. The number of rotatable bonds is 2. The van der Waals surface area contributed by atoms with Crippen LogP contribution in [0.1, 0.15) is 33.6 Å². The number of hydrogen-bond acceptors (Lipinski definition) is 4. The predicted molar refractivity (Wildman–Crippen MR) is 52.8 cm³/mol. The van der Waals surface area contributed by atoms with E-state index in [1.165, 1.54) is 0 Å². The van der Waals surface area contributed by atoms with Gasteiger partial charge in [0, 0.05) is 7.11 Å². The molecular formula is C10H19NO3. The summed E-state index contributed by atoms with van der Waals surface area (Å²) in [6.45, 7) is 5.61. The lowest BCUT2D eigenvalue weighted by atomic mass is 10.2. The van der Waals surface area contributed by atoms with Crippen LogP contribution < -0.4 is 5.32 Å². The van der Waals surface area contributed by atoms with E-state index in [9.17, 15) is 4.79 Å². The maximum absolute atomic E-state index is 11.6. The van der Waals surface area contributed by atoms with Gasteiger partial charge in [0.2, 0.25) is 0 Å². The maximum atomic E-state index is 11.6. The normalized spacial score (nSPS) is 27.7. The summed E-state index contributed by atoms with van der Waals surface area (Å²) in [6, 6.07) is -0.209. The van der Waals surface area contributed by atoms with Crippen molar-refractivity contribution in [1.82, 2.24) is 5.32 Å². The van der Waals surface area contributed by atoms with Crippen molar-refractivity contribution in [3.63, 3.8) is 0 Å². The number of nitrogens with one attached hydrogen (secondary N) is 1. The SMILES string of the molecule is COC1CCC(C(=O)OC(C)(C)C)N1. The molecule has 0 amide bonds. The predicted octanol–water partition coefficient (Wildman–Crippen LogP) is 1.05. The highest BCUT2D eigenvalue weighted by Gasteiger charge is 2.32. The van der Waals surface area contributed by atoms with E-state index >= 15 is 0 Å². The fraction of sp³-hybridized carbons (Fsp3) is 0.900. The minimum atomic E-state index is -0.413. The lowest BCUT2D eigenvalue weighted by molar-refractivity contribution is -0.157. The fourth-order valence-electron chi connectivity index (χ4n) is 1.45. The number of hydrogen-bond donors (Lipinski definition) is 1. The second-order valence-corrected chi connectivity index (χ2v) is 4.55. The molecule has 0 aromatic heterocycles. The van der Waals surface area contributed by atoms with Gasteiger partial charge in [-0.3, -0.25) is 10.1 Å². The quantitative estimate of drug-likeness (QED) is 0.678. The smallest absolute Gasteiger partial charge is 0.323 e. The van der Waals surface area contributed by atoms with Crippen LogP contribution in [0.5, 0.6) is 0 Å². The number of carbonyl (C=O) groups is 1. The van der Waals surface area contributed by atoms with Crippen LogP contribution in [-0.2, 0) is 14.3 Å². The van der Waals surface area contributed by atoms with Crippen molar-refractivity contribution in [2.45, 2.75) is 51.5 Å². The third-order valence-electron chi connectivity index (χ3n) is 2.08. The van der Waals surface area contributed by atoms with Gasteiger partial charge in [-0.15, -0.1) is 0 Å². The van der Waals surface area contributed by atoms with Gasteiger partial charge in [-0.2, -0.15) is 0 Å². The zero-order valence-corrected chi connectivity index (χ0v) is 9.29. The summed E-state index contributed by atoms with van der Waals surface area (Å²) >= 11 is 0. The van der Waals surface area contributed by atoms with Crippen LogP contribution in [0.3, 0.4) is 0 Å². The molecule has 0 aliphatic carbocycles. The van der Waals surface area contributed by atoms with Crippen LogP contribution in [0.4, 0.5) is 0 Å². The van der Waals surface area contributed by atoms with Crippen molar-refractivity contribution in [1.29, 1.82) is 0 Å². The molecule has 1 saturated heterocycles. The highest BCUT2D eigenvalue weighted by atomic mass is 16.6. The molecule has 4 nitrogen and oxygen atoms in total. The number of ether oxygens (including phenoxy) is 2. The molecule has 1 fully saturated rings. The van der Waals surface area contributed by atoms with E-state index in [0.717, 1.165) is 12.8 Å². The van der Waals surface area contributed by atoms with Crippen LogP contribution >= 0.6 is 0 Å². The molecule has 2 atom stereocenters. The number of methoxy groups -OCH3 is 1. The summed E-state index contributed by atoms with van der Waals surface area (Å²) in [5.74, 6) is -0.183. The second kappa shape index (κ2) is 4.28. The van der Waals surface area contributed by atoms with E-state index in [1.807, 2.05) is 20.8 Å². The van der Waals surface area contributed by atoms with Crippen molar-refractivity contribution >= 4 is 5.97 Å². The minimum absolute atomic E-state index is 0.00693. The Balaban J connectivity index is 2.40. The Morgan fingerprint density at radius 2 is 2.00 bits per heavy atom. The van der Waals surface area contributed by atoms with Gasteiger partial charge in [-0.1, -0.05) is 0 Å². The standard InChI is InChI=1S/C10H19NO3/c1-10(2,3)14-9(12)7-5-6-8(11-7)13-4/h7-8,11H,5-6H2,1-4H3. The average molecular weight is 201 g/mol. The van der Waals surface area contributed by atoms with Crippen LogP contribution in [0, 0.1) is 0 Å². The summed E-state index contributed by atoms with van der Waals surface area (Å²) in [5, 5.41) is 3.07.